The maximum Gasteiger partial charge on any atom is 0.326 e. The van der Waals surface area contributed by atoms with Crippen LogP contribution in [0.25, 0.3) is 0 Å². The first-order valence-electron chi connectivity index (χ1n) is 8.12. The summed E-state index contributed by atoms with van der Waals surface area (Å²) in [5, 5.41) is 13.9. The number of pyridine rings is 1. The Morgan fingerprint density at radius 3 is 2.36 bits per heavy atom. The van der Waals surface area contributed by atoms with Crippen LogP contribution in [0.2, 0.25) is 0 Å². The van der Waals surface area contributed by atoms with E-state index >= 15 is 0 Å². The summed E-state index contributed by atoms with van der Waals surface area (Å²) in [5.74, 6) is -1.61. The average molecular weight is 351 g/mol. The summed E-state index contributed by atoms with van der Waals surface area (Å²) in [6.45, 7) is 7.15. The molecule has 1 aromatic heterocycles. The molecule has 0 saturated carbocycles. The lowest BCUT2D eigenvalue weighted by atomic mass is 10.0. The Hall–Kier alpha value is -2.64. The molecule has 1 atom stereocenters. The number of hydrogen-bond donors (Lipinski definition) is 3. The molecule has 0 fully saturated rings. The van der Waals surface area contributed by atoms with Gasteiger partial charge in [0.05, 0.1) is 18.2 Å². The van der Waals surface area contributed by atoms with E-state index in [0.717, 1.165) is 0 Å². The van der Waals surface area contributed by atoms with Crippen LogP contribution in [0, 0.1) is 5.92 Å². The van der Waals surface area contributed by atoms with Gasteiger partial charge in [-0.25, -0.2) is 9.78 Å². The van der Waals surface area contributed by atoms with Crippen LogP contribution in [0.1, 0.15) is 44.5 Å². The number of rotatable bonds is 9. The number of nitrogens with one attached hydrogen (secondary N) is 2. The van der Waals surface area contributed by atoms with Crippen LogP contribution in [0.5, 0.6) is 5.88 Å². The number of carbonyl (C=O) groups is 3. The lowest BCUT2D eigenvalue weighted by Crippen LogP contribution is -2.46. The van der Waals surface area contributed by atoms with Gasteiger partial charge >= 0.3 is 5.97 Å². The second-order valence-electron chi connectivity index (χ2n) is 6.32. The summed E-state index contributed by atoms with van der Waals surface area (Å²) >= 11 is 0. The number of carboxylic acids is 1. The molecule has 0 spiro atoms. The van der Waals surface area contributed by atoms with Crippen LogP contribution in [0.15, 0.2) is 18.3 Å². The number of aromatic nitrogens is 1. The van der Waals surface area contributed by atoms with Gasteiger partial charge in [-0.05, 0) is 32.3 Å². The number of ether oxygens (including phenoxy) is 1. The largest absolute Gasteiger partial charge is 0.480 e. The molecule has 8 nitrogen and oxygen atoms in total. The number of amides is 2. The Kier molecular flexibility index (Phi) is 7.84. The molecule has 2 amide bonds. The fourth-order valence-corrected chi connectivity index (χ4v) is 2.03. The number of carbonyl (C=O) groups excluding carboxylic acids is 2. The van der Waals surface area contributed by atoms with Gasteiger partial charge in [-0.2, -0.15) is 0 Å². The van der Waals surface area contributed by atoms with Gasteiger partial charge in [0, 0.05) is 12.3 Å². The molecule has 1 aromatic rings. The SMILES string of the molecule is CC(C)C[C@H](NC(=O)CNC(=O)c1ccc(OC(C)C)nc1)C(=O)O. The topological polar surface area (TPSA) is 118 Å². The Labute approximate surface area is 147 Å². The summed E-state index contributed by atoms with van der Waals surface area (Å²) in [7, 11) is 0. The Morgan fingerprint density at radius 1 is 1.20 bits per heavy atom. The van der Waals surface area contributed by atoms with E-state index in [2.05, 4.69) is 15.6 Å². The molecule has 138 valence electrons. The van der Waals surface area contributed by atoms with Gasteiger partial charge in [0.15, 0.2) is 0 Å². The first-order valence-corrected chi connectivity index (χ1v) is 8.12. The molecule has 0 aliphatic heterocycles. The second-order valence-corrected chi connectivity index (χ2v) is 6.32. The lowest BCUT2D eigenvalue weighted by Gasteiger charge is -2.16. The van der Waals surface area contributed by atoms with Crippen molar-refractivity contribution in [2.45, 2.75) is 46.3 Å². The number of carboxylic acid groups (broad SMARTS) is 1. The maximum atomic E-state index is 12.0. The summed E-state index contributed by atoms with van der Waals surface area (Å²) in [6.07, 6.45) is 1.64. The maximum absolute atomic E-state index is 12.0. The highest BCUT2D eigenvalue weighted by Crippen LogP contribution is 2.09. The lowest BCUT2D eigenvalue weighted by molar-refractivity contribution is -0.142. The summed E-state index contributed by atoms with van der Waals surface area (Å²) < 4.78 is 5.38. The van der Waals surface area contributed by atoms with E-state index in [1.165, 1.54) is 12.3 Å². The van der Waals surface area contributed by atoms with Crippen molar-refractivity contribution in [3.8, 4) is 5.88 Å². The van der Waals surface area contributed by atoms with Gasteiger partial charge < -0.3 is 20.5 Å². The molecular formula is C17H25N3O5. The van der Waals surface area contributed by atoms with Crippen LogP contribution < -0.4 is 15.4 Å². The van der Waals surface area contributed by atoms with E-state index in [4.69, 9.17) is 9.84 Å². The van der Waals surface area contributed by atoms with E-state index in [1.54, 1.807) is 6.07 Å². The van der Waals surface area contributed by atoms with Crippen molar-refractivity contribution in [3.63, 3.8) is 0 Å². The van der Waals surface area contributed by atoms with Crippen molar-refractivity contribution < 1.29 is 24.2 Å². The van der Waals surface area contributed by atoms with E-state index in [-0.39, 0.29) is 24.1 Å². The Morgan fingerprint density at radius 2 is 1.88 bits per heavy atom. The standard InChI is InChI=1S/C17H25N3O5/c1-10(2)7-13(17(23)24)20-14(21)9-19-16(22)12-5-6-15(18-8-12)25-11(3)4/h5-6,8,10-11,13H,7,9H2,1-4H3,(H,19,22)(H,20,21)(H,23,24)/t13-/m0/s1. The summed E-state index contributed by atoms with van der Waals surface area (Å²) in [5.41, 5.74) is 0.279. The number of nitrogens with zero attached hydrogens (tertiary/aromatic N) is 1. The molecule has 1 rings (SSSR count). The fourth-order valence-electron chi connectivity index (χ4n) is 2.03. The molecule has 0 saturated heterocycles. The monoisotopic (exact) mass is 351 g/mol. The zero-order valence-electron chi connectivity index (χ0n) is 14.9. The predicted octanol–water partition coefficient (Wildman–Crippen LogP) is 1.21. The quantitative estimate of drug-likeness (QED) is 0.616. The summed E-state index contributed by atoms with van der Waals surface area (Å²) in [6, 6.07) is 2.13. The normalized spacial score (nSPS) is 11.9. The van der Waals surface area contributed by atoms with Crippen molar-refractivity contribution in [2.24, 2.45) is 5.92 Å². The minimum Gasteiger partial charge on any atom is -0.480 e. The third-order valence-electron chi connectivity index (χ3n) is 3.10. The van der Waals surface area contributed by atoms with Crippen LogP contribution in [0.3, 0.4) is 0 Å². The molecule has 1 heterocycles. The molecule has 25 heavy (non-hydrogen) atoms. The highest BCUT2D eigenvalue weighted by molar-refractivity contribution is 5.96. The zero-order chi connectivity index (χ0) is 19.0. The van der Waals surface area contributed by atoms with E-state index < -0.39 is 23.8 Å². The third kappa shape index (κ3) is 7.65. The minimum absolute atomic E-state index is 0.0242. The predicted molar refractivity (Wildman–Crippen MR) is 91.4 cm³/mol. The van der Waals surface area contributed by atoms with Gasteiger partial charge in [-0.3, -0.25) is 9.59 Å². The van der Waals surface area contributed by atoms with E-state index in [0.29, 0.717) is 12.3 Å². The number of aliphatic carboxylic acids is 1. The van der Waals surface area contributed by atoms with Crippen molar-refractivity contribution in [2.75, 3.05) is 6.54 Å². The zero-order valence-corrected chi connectivity index (χ0v) is 14.9. The molecule has 8 heteroatoms. The highest BCUT2D eigenvalue weighted by Gasteiger charge is 2.21. The van der Waals surface area contributed by atoms with E-state index in [9.17, 15) is 14.4 Å². The van der Waals surface area contributed by atoms with Crippen LogP contribution in [0.4, 0.5) is 0 Å². The van der Waals surface area contributed by atoms with Crippen molar-refractivity contribution in [1.82, 2.24) is 15.6 Å². The van der Waals surface area contributed by atoms with Crippen molar-refractivity contribution in [3.05, 3.63) is 23.9 Å². The second kappa shape index (κ2) is 9.61. The van der Waals surface area contributed by atoms with Gasteiger partial charge in [0.2, 0.25) is 11.8 Å². The smallest absolute Gasteiger partial charge is 0.326 e. The minimum atomic E-state index is -1.10. The van der Waals surface area contributed by atoms with Gasteiger partial charge in [-0.15, -0.1) is 0 Å². The van der Waals surface area contributed by atoms with Gasteiger partial charge in [0.25, 0.3) is 5.91 Å². The van der Waals surface area contributed by atoms with Crippen LogP contribution in [-0.2, 0) is 9.59 Å². The van der Waals surface area contributed by atoms with Gasteiger partial charge in [-0.1, -0.05) is 13.8 Å². The fraction of sp³-hybridized carbons (Fsp3) is 0.529. The van der Waals surface area contributed by atoms with Crippen molar-refractivity contribution in [1.29, 1.82) is 0 Å². The van der Waals surface area contributed by atoms with Crippen molar-refractivity contribution >= 4 is 17.8 Å². The highest BCUT2D eigenvalue weighted by atomic mass is 16.5. The molecule has 0 aliphatic carbocycles. The molecule has 3 N–H and O–H groups in total. The van der Waals surface area contributed by atoms with Crippen LogP contribution in [-0.4, -0.2) is 46.6 Å². The van der Waals surface area contributed by atoms with Gasteiger partial charge in [0.1, 0.15) is 6.04 Å². The third-order valence-corrected chi connectivity index (χ3v) is 3.10. The first kappa shape index (κ1) is 20.4. The molecular weight excluding hydrogens is 326 g/mol. The summed E-state index contributed by atoms with van der Waals surface area (Å²) in [4.78, 5) is 38.9. The Bertz CT molecular complexity index is 599. The van der Waals surface area contributed by atoms with Crippen LogP contribution >= 0.6 is 0 Å². The molecule has 0 unspecified atom stereocenters. The molecule has 0 aliphatic rings. The molecule has 0 aromatic carbocycles. The Balaban J connectivity index is 2.52. The average Bonchev–Trinajstić information content (AvgIpc) is 2.51. The molecule has 0 radical (unpaired) electrons. The number of hydrogen-bond acceptors (Lipinski definition) is 5. The first-order chi connectivity index (χ1) is 11.7. The molecule has 0 bridgehead atoms. The van der Waals surface area contributed by atoms with E-state index in [1.807, 2.05) is 27.7 Å².